The molecule has 1 saturated heterocycles. The van der Waals surface area contributed by atoms with Gasteiger partial charge in [-0.05, 0) is 52.9 Å². The lowest BCUT2D eigenvalue weighted by Gasteiger charge is -2.42. The van der Waals surface area contributed by atoms with Crippen molar-refractivity contribution in [3.63, 3.8) is 0 Å². The van der Waals surface area contributed by atoms with Gasteiger partial charge in [0.25, 0.3) is 0 Å². The average molecular weight is 257 g/mol. The second kappa shape index (κ2) is 8.10. The van der Waals surface area contributed by atoms with Crippen molar-refractivity contribution in [3.05, 3.63) is 0 Å². The number of hydrogen-bond donors (Lipinski definition) is 1. The van der Waals surface area contributed by atoms with Crippen molar-refractivity contribution < 1.29 is 4.74 Å². The van der Waals surface area contributed by atoms with Crippen molar-refractivity contribution in [1.82, 2.24) is 9.80 Å². The molecule has 4 heteroatoms. The molecule has 0 aliphatic carbocycles. The molecule has 0 aromatic rings. The van der Waals surface area contributed by atoms with Gasteiger partial charge in [-0.15, -0.1) is 0 Å². The molecule has 0 aromatic carbocycles. The Hall–Kier alpha value is -0.160. The van der Waals surface area contributed by atoms with E-state index in [0.717, 1.165) is 39.4 Å². The monoisotopic (exact) mass is 257 g/mol. The SMILES string of the molecule is CCOCCN(CC)C1(CN)CCCN(C)CC1. The van der Waals surface area contributed by atoms with E-state index >= 15 is 0 Å². The number of hydrogen-bond acceptors (Lipinski definition) is 4. The molecule has 0 bridgehead atoms. The van der Waals surface area contributed by atoms with Gasteiger partial charge >= 0.3 is 0 Å². The molecule has 108 valence electrons. The minimum absolute atomic E-state index is 0.191. The Balaban J connectivity index is 2.63. The molecule has 1 aliphatic heterocycles. The smallest absolute Gasteiger partial charge is 0.0593 e. The maximum absolute atomic E-state index is 6.13. The van der Waals surface area contributed by atoms with E-state index < -0.39 is 0 Å². The minimum atomic E-state index is 0.191. The predicted molar refractivity (Wildman–Crippen MR) is 76.9 cm³/mol. The Labute approximate surface area is 112 Å². The summed E-state index contributed by atoms with van der Waals surface area (Å²) in [5, 5.41) is 0. The second-order valence-corrected chi connectivity index (χ2v) is 5.36. The Morgan fingerprint density at radius 3 is 2.67 bits per heavy atom. The molecule has 1 unspecified atom stereocenters. The molecule has 0 aromatic heterocycles. The molecule has 0 spiro atoms. The van der Waals surface area contributed by atoms with Gasteiger partial charge in [0.1, 0.15) is 0 Å². The van der Waals surface area contributed by atoms with Gasteiger partial charge in [0.05, 0.1) is 6.61 Å². The largest absolute Gasteiger partial charge is 0.380 e. The lowest BCUT2D eigenvalue weighted by molar-refractivity contribution is 0.0432. The van der Waals surface area contributed by atoms with E-state index in [1.165, 1.54) is 25.8 Å². The summed E-state index contributed by atoms with van der Waals surface area (Å²) in [4.78, 5) is 4.97. The molecule has 1 atom stereocenters. The maximum Gasteiger partial charge on any atom is 0.0593 e. The minimum Gasteiger partial charge on any atom is -0.380 e. The van der Waals surface area contributed by atoms with E-state index in [2.05, 4.69) is 30.7 Å². The van der Waals surface area contributed by atoms with Crippen LogP contribution in [0.4, 0.5) is 0 Å². The Bertz CT molecular complexity index is 225. The van der Waals surface area contributed by atoms with Crippen molar-refractivity contribution >= 4 is 0 Å². The molecule has 0 radical (unpaired) electrons. The standard InChI is InChI=1S/C14H31N3O/c1-4-17(11-12-18-5-2)14(13-15)7-6-9-16(3)10-8-14/h4-13,15H2,1-3H3. The van der Waals surface area contributed by atoms with Crippen LogP contribution in [-0.2, 0) is 4.74 Å². The van der Waals surface area contributed by atoms with Crippen LogP contribution in [0.3, 0.4) is 0 Å². The summed E-state index contributed by atoms with van der Waals surface area (Å²) in [5.74, 6) is 0. The lowest BCUT2D eigenvalue weighted by Crippen LogP contribution is -2.55. The normalized spacial score (nSPS) is 26.5. The fraction of sp³-hybridized carbons (Fsp3) is 1.00. The van der Waals surface area contributed by atoms with Gasteiger partial charge < -0.3 is 15.4 Å². The maximum atomic E-state index is 6.13. The van der Waals surface area contributed by atoms with Gasteiger partial charge in [-0.25, -0.2) is 0 Å². The lowest BCUT2D eigenvalue weighted by atomic mass is 9.88. The molecule has 4 nitrogen and oxygen atoms in total. The van der Waals surface area contributed by atoms with Crippen LogP contribution in [-0.4, -0.2) is 68.3 Å². The van der Waals surface area contributed by atoms with Crippen LogP contribution in [0.2, 0.25) is 0 Å². The van der Waals surface area contributed by atoms with Gasteiger partial charge in [0, 0.05) is 25.2 Å². The van der Waals surface area contributed by atoms with Gasteiger partial charge in [0.2, 0.25) is 0 Å². The Morgan fingerprint density at radius 2 is 2.06 bits per heavy atom. The summed E-state index contributed by atoms with van der Waals surface area (Å²) in [7, 11) is 2.21. The van der Waals surface area contributed by atoms with E-state index in [4.69, 9.17) is 10.5 Å². The van der Waals surface area contributed by atoms with Crippen LogP contribution in [0.5, 0.6) is 0 Å². The van der Waals surface area contributed by atoms with E-state index in [1.54, 1.807) is 0 Å². The average Bonchev–Trinajstić information content (AvgIpc) is 2.58. The van der Waals surface area contributed by atoms with Gasteiger partial charge in [-0.1, -0.05) is 6.92 Å². The summed E-state index contributed by atoms with van der Waals surface area (Å²) in [6.07, 6.45) is 3.65. The topological polar surface area (TPSA) is 41.7 Å². The van der Waals surface area contributed by atoms with Gasteiger partial charge in [0.15, 0.2) is 0 Å². The third kappa shape index (κ3) is 4.19. The van der Waals surface area contributed by atoms with E-state index in [1.807, 2.05) is 0 Å². The first-order chi connectivity index (χ1) is 8.68. The van der Waals surface area contributed by atoms with E-state index in [9.17, 15) is 0 Å². The van der Waals surface area contributed by atoms with E-state index in [0.29, 0.717) is 0 Å². The summed E-state index contributed by atoms with van der Waals surface area (Å²) < 4.78 is 5.51. The van der Waals surface area contributed by atoms with E-state index in [-0.39, 0.29) is 5.54 Å². The molecule has 1 rings (SSSR count). The van der Waals surface area contributed by atoms with Crippen molar-refractivity contribution in [1.29, 1.82) is 0 Å². The zero-order chi connectivity index (χ0) is 13.4. The zero-order valence-electron chi connectivity index (χ0n) is 12.5. The highest BCUT2D eigenvalue weighted by atomic mass is 16.5. The Kier molecular flexibility index (Phi) is 7.15. The molecule has 18 heavy (non-hydrogen) atoms. The van der Waals surface area contributed by atoms with Gasteiger partial charge in [-0.2, -0.15) is 0 Å². The van der Waals surface area contributed by atoms with Crippen LogP contribution >= 0.6 is 0 Å². The summed E-state index contributed by atoms with van der Waals surface area (Å²) in [6.45, 7) is 11.1. The number of nitrogens with two attached hydrogens (primary N) is 1. The molecule has 1 aliphatic rings. The van der Waals surface area contributed by atoms with Crippen molar-refractivity contribution in [2.75, 3.05) is 53.0 Å². The molecule has 0 amide bonds. The number of nitrogens with zero attached hydrogens (tertiary/aromatic N) is 2. The van der Waals surface area contributed by atoms with Crippen molar-refractivity contribution in [3.8, 4) is 0 Å². The van der Waals surface area contributed by atoms with Crippen LogP contribution in [0.25, 0.3) is 0 Å². The molecular formula is C14H31N3O. The number of ether oxygens (including phenoxy) is 1. The Morgan fingerprint density at radius 1 is 1.28 bits per heavy atom. The third-order valence-corrected chi connectivity index (χ3v) is 4.28. The molecule has 1 fully saturated rings. The van der Waals surface area contributed by atoms with Crippen molar-refractivity contribution in [2.45, 2.75) is 38.6 Å². The fourth-order valence-corrected chi connectivity index (χ4v) is 3.01. The summed E-state index contributed by atoms with van der Waals surface area (Å²) in [5.41, 5.74) is 6.32. The summed E-state index contributed by atoms with van der Waals surface area (Å²) >= 11 is 0. The first-order valence-corrected chi connectivity index (χ1v) is 7.40. The van der Waals surface area contributed by atoms with Crippen LogP contribution < -0.4 is 5.73 Å². The highest BCUT2D eigenvalue weighted by molar-refractivity contribution is 4.94. The fourth-order valence-electron chi connectivity index (χ4n) is 3.01. The second-order valence-electron chi connectivity index (χ2n) is 5.36. The highest BCUT2D eigenvalue weighted by Gasteiger charge is 2.35. The predicted octanol–water partition coefficient (Wildman–Crippen LogP) is 1.16. The molecule has 2 N–H and O–H groups in total. The number of likely N-dealkylation sites (N-methyl/N-ethyl adjacent to an activating group) is 1. The highest BCUT2D eigenvalue weighted by Crippen LogP contribution is 2.27. The molecular weight excluding hydrogens is 226 g/mol. The number of likely N-dealkylation sites (tertiary alicyclic amines) is 1. The quantitative estimate of drug-likeness (QED) is 0.695. The molecule has 1 heterocycles. The first kappa shape index (κ1) is 15.9. The third-order valence-electron chi connectivity index (χ3n) is 4.28. The van der Waals surface area contributed by atoms with Crippen LogP contribution in [0.1, 0.15) is 33.1 Å². The number of rotatable bonds is 7. The summed E-state index contributed by atoms with van der Waals surface area (Å²) in [6, 6.07) is 0. The van der Waals surface area contributed by atoms with Crippen molar-refractivity contribution in [2.24, 2.45) is 5.73 Å². The molecule has 0 saturated carbocycles. The first-order valence-electron chi connectivity index (χ1n) is 7.40. The zero-order valence-corrected chi connectivity index (χ0v) is 12.5. The van der Waals surface area contributed by atoms with Crippen LogP contribution in [0.15, 0.2) is 0 Å². The van der Waals surface area contributed by atoms with Gasteiger partial charge in [-0.3, -0.25) is 4.90 Å². The van der Waals surface area contributed by atoms with Crippen LogP contribution in [0, 0.1) is 0 Å².